The van der Waals surface area contributed by atoms with Crippen LogP contribution >= 0.6 is 0 Å². The predicted octanol–water partition coefficient (Wildman–Crippen LogP) is -0.512. The minimum Gasteiger partial charge on any atom is -0.365 e. The Morgan fingerprint density at radius 1 is 1.12 bits per heavy atom. The maximum atomic E-state index is 13.3. The van der Waals surface area contributed by atoms with Crippen LogP contribution in [0.15, 0.2) is 57.1 Å². The van der Waals surface area contributed by atoms with Gasteiger partial charge in [0, 0.05) is 25.0 Å². The van der Waals surface area contributed by atoms with Crippen molar-refractivity contribution < 1.29 is 14.4 Å². The lowest BCUT2D eigenvalue weighted by molar-refractivity contribution is -0.131. The second kappa shape index (κ2) is 8.95. The molecule has 1 aromatic carbocycles. The third-order valence-corrected chi connectivity index (χ3v) is 5.29. The second-order valence-corrected chi connectivity index (χ2v) is 7.47. The molecule has 0 fully saturated rings. The summed E-state index contributed by atoms with van der Waals surface area (Å²) in [6.45, 7) is 6.29. The number of nitrogens with one attached hydrogen (secondary N) is 2. The number of anilines is 1. The van der Waals surface area contributed by atoms with Gasteiger partial charge < -0.3 is 10.6 Å². The van der Waals surface area contributed by atoms with Gasteiger partial charge in [0.05, 0.1) is 10.9 Å². The molecule has 0 saturated heterocycles. The molecule has 2 heterocycles. The van der Waals surface area contributed by atoms with E-state index in [1.54, 1.807) is 31.3 Å². The Morgan fingerprint density at radius 3 is 2.70 bits per heavy atom. The van der Waals surface area contributed by atoms with Crippen molar-refractivity contribution in [1.29, 1.82) is 0 Å². The smallest absolute Gasteiger partial charge is 0.299 e. The summed E-state index contributed by atoms with van der Waals surface area (Å²) in [7, 11) is 0. The van der Waals surface area contributed by atoms with Gasteiger partial charge in [0.2, 0.25) is 18.0 Å². The molecule has 0 saturated carbocycles. The van der Waals surface area contributed by atoms with Crippen molar-refractivity contribution in [3.63, 3.8) is 0 Å². The van der Waals surface area contributed by atoms with E-state index in [-0.39, 0.29) is 12.4 Å². The highest BCUT2D eigenvalue weighted by atomic mass is 16.2. The van der Waals surface area contributed by atoms with Crippen molar-refractivity contribution in [1.82, 2.24) is 14.9 Å². The van der Waals surface area contributed by atoms with Crippen LogP contribution in [0, 0.1) is 6.92 Å². The molecule has 2 N–H and O–H groups in total. The molecule has 10 heteroatoms. The average molecular weight is 444 g/mol. The summed E-state index contributed by atoms with van der Waals surface area (Å²) in [5.41, 5.74) is 2.16. The Balaban J connectivity index is 1.63. The highest BCUT2D eigenvalue weighted by Crippen LogP contribution is 2.12. The van der Waals surface area contributed by atoms with Crippen LogP contribution in [0.5, 0.6) is 0 Å². The molecule has 4 rings (SSSR count). The first-order valence-electron chi connectivity index (χ1n) is 10.1. The first kappa shape index (κ1) is 21.8. The molecule has 33 heavy (non-hydrogen) atoms. The third kappa shape index (κ3) is 4.18. The van der Waals surface area contributed by atoms with Gasteiger partial charge in [0.15, 0.2) is 11.7 Å². The lowest BCUT2D eigenvalue weighted by Gasteiger charge is -2.15. The van der Waals surface area contributed by atoms with Crippen LogP contribution in [0.25, 0.3) is 6.58 Å². The van der Waals surface area contributed by atoms with E-state index in [1.165, 1.54) is 16.7 Å². The molecule has 10 nitrogen and oxygen atoms in total. The zero-order valence-corrected chi connectivity index (χ0v) is 17.8. The van der Waals surface area contributed by atoms with Gasteiger partial charge in [0.25, 0.3) is 5.56 Å². The molecular formula is C23H20N6O4. The molecule has 166 valence electrons. The fraction of sp³-hybridized carbons (Fsp3) is 0.174. The Labute approximate surface area is 187 Å². The summed E-state index contributed by atoms with van der Waals surface area (Å²) in [5, 5.41) is 15.3. The van der Waals surface area contributed by atoms with Crippen LogP contribution in [0.3, 0.4) is 0 Å². The fourth-order valence-electron chi connectivity index (χ4n) is 3.62. The number of carbonyl (C=O) groups is 3. The highest BCUT2D eigenvalue weighted by Gasteiger charge is 2.23. The van der Waals surface area contributed by atoms with E-state index < -0.39 is 17.1 Å². The molecule has 1 aliphatic carbocycles. The van der Waals surface area contributed by atoms with Gasteiger partial charge in [0.1, 0.15) is 0 Å². The Kier molecular flexibility index (Phi) is 5.90. The van der Waals surface area contributed by atoms with Gasteiger partial charge in [-0.25, -0.2) is 4.98 Å². The molecule has 0 unspecified atom stereocenters. The molecule has 1 amide bonds. The molecule has 0 atom stereocenters. The molecule has 2 aliphatic rings. The van der Waals surface area contributed by atoms with E-state index in [2.05, 4.69) is 32.4 Å². The summed E-state index contributed by atoms with van der Waals surface area (Å²) in [6, 6.07) is 3.54. The van der Waals surface area contributed by atoms with E-state index in [1.807, 2.05) is 0 Å². The molecule has 0 bridgehead atoms. The lowest BCUT2D eigenvalue weighted by atomic mass is 10.0. The number of ketones is 2. The number of amides is 1. The standard InChI is InChI=1S/C23H20N6O4/c1-13-3-5-17-20(16(13)11-24-12-30)22(28-27-17)29-14(2)10-26-21(23(29)33)25-8-7-15-4-6-18(31)19(32)9-15/h3-6,9-10,12H,1,7-8,11H2,2H3,(H,24,30)(H,25,26). The predicted molar refractivity (Wildman–Crippen MR) is 121 cm³/mol. The van der Waals surface area contributed by atoms with Crippen LogP contribution in [0.1, 0.15) is 23.2 Å². The van der Waals surface area contributed by atoms with Crippen molar-refractivity contribution in [2.45, 2.75) is 19.9 Å². The largest absolute Gasteiger partial charge is 0.365 e. The minimum absolute atomic E-state index is 0.109. The summed E-state index contributed by atoms with van der Waals surface area (Å²) < 4.78 is 1.41. The number of rotatable bonds is 7. The topological polar surface area (TPSA) is 135 Å². The van der Waals surface area contributed by atoms with E-state index >= 15 is 0 Å². The zero-order valence-electron chi connectivity index (χ0n) is 17.8. The number of benzene rings is 1. The summed E-state index contributed by atoms with van der Waals surface area (Å²) in [5.74, 6) is -0.674. The maximum Gasteiger partial charge on any atom is 0.299 e. The van der Waals surface area contributed by atoms with Crippen LogP contribution < -0.4 is 26.8 Å². The number of carbonyl (C=O) groups excluding carboxylic acids is 3. The monoisotopic (exact) mass is 444 g/mol. The molecule has 0 spiro atoms. The number of allylic oxidation sites excluding steroid dienone is 3. The molecule has 2 aromatic rings. The number of hydrogen-bond acceptors (Lipinski definition) is 8. The van der Waals surface area contributed by atoms with Gasteiger partial charge in [-0.1, -0.05) is 18.7 Å². The van der Waals surface area contributed by atoms with E-state index in [9.17, 15) is 19.2 Å². The summed E-state index contributed by atoms with van der Waals surface area (Å²) >= 11 is 0. The number of hydrogen-bond donors (Lipinski definition) is 2. The van der Waals surface area contributed by atoms with Crippen LogP contribution in [-0.4, -0.2) is 39.9 Å². The molecular weight excluding hydrogens is 424 g/mol. The maximum absolute atomic E-state index is 13.3. The molecule has 0 radical (unpaired) electrons. The van der Waals surface area contributed by atoms with Crippen molar-refractivity contribution in [3.8, 4) is 0 Å². The summed E-state index contributed by atoms with van der Waals surface area (Å²) in [6.07, 6.45) is 6.68. The summed E-state index contributed by atoms with van der Waals surface area (Å²) in [4.78, 5) is 51.1. The minimum atomic E-state index is -0.561. The zero-order chi connectivity index (χ0) is 23.5. The Bertz CT molecular complexity index is 1450. The highest BCUT2D eigenvalue weighted by molar-refractivity contribution is 6.46. The molecule has 1 aromatic heterocycles. The van der Waals surface area contributed by atoms with Gasteiger partial charge in [-0.2, -0.15) is 0 Å². The SMILES string of the molecule is C=c1ccc2c(c1CNC=O)C(n1c(C)cnc(NCCC3=CC(=O)C(=O)C=C3)c1=O)=NN=2. The fourth-order valence-corrected chi connectivity index (χ4v) is 3.62. The van der Waals surface area contributed by atoms with Crippen molar-refractivity contribution in [2.75, 3.05) is 11.9 Å². The lowest BCUT2D eigenvalue weighted by Crippen LogP contribution is -2.36. The first-order valence-corrected chi connectivity index (χ1v) is 10.1. The van der Waals surface area contributed by atoms with Crippen LogP contribution in [-0.2, 0) is 20.9 Å². The first-order chi connectivity index (χ1) is 15.9. The number of aryl methyl sites for hydroxylation is 1. The van der Waals surface area contributed by atoms with E-state index in [0.29, 0.717) is 58.2 Å². The molecule has 1 aliphatic heterocycles. The second-order valence-electron chi connectivity index (χ2n) is 7.47. The van der Waals surface area contributed by atoms with Crippen LogP contribution in [0.4, 0.5) is 5.82 Å². The Morgan fingerprint density at radius 2 is 1.94 bits per heavy atom. The van der Waals surface area contributed by atoms with Crippen LogP contribution in [0.2, 0.25) is 0 Å². The Hall–Kier alpha value is -4.47. The van der Waals surface area contributed by atoms with Crippen molar-refractivity contribution >= 4 is 36.2 Å². The van der Waals surface area contributed by atoms with Gasteiger partial charge in [-0.05, 0) is 47.9 Å². The van der Waals surface area contributed by atoms with E-state index in [4.69, 9.17) is 0 Å². The van der Waals surface area contributed by atoms with Crippen molar-refractivity contribution in [2.24, 2.45) is 10.2 Å². The third-order valence-electron chi connectivity index (χ3n) is 5.29. The van der Waals surface area contributed by atoms with Gasteiger partial charge in [-0.3, -0.25) is 23.7 Å². The normalized spacial score (nSPS) is 14.3. The number of fused-ring (bicyclic) bond motifs is 1. The van der Waals surface area contributed by atoms with Gasteiger partial charge in [-0.15, -0.1) is 10.2 Å². The van der Waals surface area contributed by atoms with Gasteiger partial charge >= 0.3 is 0 Å². The number of aromatic nitrogens is 2. The van der Waals surface area contributed by atoms with E-state index in [0.717, 1.165) is 0 Å². The average Bonchev–Trinajstić information content (AvgIpc) is 3.21. The van der Waals surface area contributed by atoms with Crippen molar-refractivity contribution in [3.05, 3.63) is 79.9 Å². The quantitative estimate of drug-likeness (QED) is 0.335. The number of nitrogens with zero attached hydrogens (tertiary/aromatic N) is 4.